The fourth-order valence-electron chi connectivity index (χ4n) is 1.76. The molecule has 1 heterocycles. The van der Waals surface area contributed by atoms with Gasteiger partial charge in [0.15, 0.2) is 0 Å². The zero-order chi connectivity index (χ0) is 13.1. The van der Waals surface area contributed by atoms with Crippen molar-refractivity contribution in [3.05, 3.63) is 51.7 Å². The van der Waals surface area contributed by atoms with Gasteiger partial charge in [0.05, 0.1) is 5.01 Å². The highest BCUT2D eigenvalue weighted by atomic mass is 32.1. The molecule has 0 aliphatic heterocycles. The number of hydrogen-bond acceptors (Lipinski definition) is 3. The van der Waals surface area contributed by atoms with Gasteiger partial charge in [-0.2, -0.15) is 0 Å². The van der Waals surface area contributed by atoms with E-state index in [4.69, 9.17) is 0 Å². The van der Waals surface area contributed by atoms with Crippen LogP contribution in [0.5, 0.6) is 0 Å². The van der Waals surface area contributed by atoms with Crippen molar-refractivity contribution in [2.45, 2.75) is 12.5 Å². The normalized spacial score (nSPS) is 12.7. The molecule has 1 atom stereocenters. The van der Waals surface area contributed by atoms with Crippen LogP contribution in [0.25, 0.3) is 0 Å². The molecule has 2 aromatic rings. The number of aromatic nitrogens is 1. The predicted octanol–water partition coefficient (Wildman–Crippen LogP) is 3.06. The number of likely N-dealkylation sites (N-methyl/N-ethyl adjacent to an activating group) is 1. The molecule has 1 N–H and O–H groups in total. The first-order valence-electron chi connectivity index (χ1n) is 5.32. The second-order valence-electron chi connectivity index (χ2n) is 3.75. The number of hydrogen-bond donors (Lipinski definition) is 1. The van der Waals surface area contributed by atoms with Gasteiger partial charge in [0, 0.05) is 41.7 Å². The Morgan fingerprint density at radius 2 is 1.94 bits per heavy atom. The van der Waals surface area contributed by atoms with Gasteiger partial charge in [-0.05, 0) is 7.05 Å². The van der Waals surface area contributed by atoms with Crippen LogP contribution in [0.2, 0.25) is 0 Å². The Labute approximate surface area is 106 Å². The number of thiazole rings is 1. The lowest BCUT2D eigenvalue weighted by Crippen LogP contribution is -2.21. The van der Waals surface area contributed by atoms with E-state index < -0.39 is 23.5 Å². The van der Waals surface area contributed by atoms with E-state index in [9.17, 15) is 13.2 Å². The van der Waals surface area contributed by atoms with E-state index in [1.165, 1.54) is 11.3 Å². The van der Waals surface area contributed by atoms with Gasteiger partial charge in [-0.15, -0.1) is 11.3 Å². The average molecular weight is 272 g/mol. The second-order valence-corrected chi connectivity index (χ2v) is 4.73. The van der Waals surface area contributed by atoms with Crippen LogP contribution >= 0.6 is 11.3 Å². The Balaban J connectivity index is 2.33. The van der Waals surface area contributed by atoms with Crippen LogP contribution in [0, 0.1) is 17.5 Å². The second kappa shape index (κ2) is 5.49. The molecule has 18 heavy (non-hydrogen) atoms. The molecule has 1 unspecified atom stereocenters. The summed E-state index contributed by atoms with van der Waals surface area (Å²) in [5.41, 5.74) is -0.158. The van der Waals surface area contributed by atoms with Crippen LogP contribution in [0.3, 0.4) is 0 Å². The van der Waals surface area contributed by atoms with Crippen molar-refractivity contribution in [1.82, 2.24) is 10.3 Å². The van der Waals surface area contributed by atoms with E-state index in [0.717, 1.165) is 5.01 Å². The Kier molecular flexibility index (Phi) is 3.98. The van der Waals surface area contributed by atoms with Crippen LogP contribution < -0.4 is 5.32 Å². The number of nitrogens with one attached hydrogen (secondary N) is 1. The molecule has 0 saturated carbocycles. The quantitative estimate of drug-likeness (QED) is 0.925. The fraction of sp³-hybridized carbons (Fsp3) is 0.250. The maximum Gasteiger partial charge on any atom is 0.133 e. The molecule has 0 aliphatic rings. The lowest BCUT2D eigenvalue weighted by atomic mass is 10.0. The Morgan fingerprint density at radius 1 is 1.28 bits per heavy atom. The first-order chi connectivity index (χ1) is 8.61. The highest BCUT2D eigenvalue weighted by molar-refractivity contribution is 7.09. The summed E-state index contributed by atoms with van der Waals surface area (Å²) in [6.45, 7) is 0. The molecule has 2 nitrogen and oxygen atoms in total. The van der Waals surface area contributed by atoms with Crippen molar-refractivity contribution in [2.24, 2.45) is 0 Å². The summed E-state index contributed by atoms with van der Waals surface area (Å²) < 4.78 is 40.1. The third kappa shape index (κ3) is 2.70. The molecule has 0 fully saturated rings. The lowest BCUT2D eigenvalue weighted by molar-refractivity contribution is 0.475. The number of benzene rings is 1. The van der Waals surface area contributed by atoms with E-state index in [2.05, 4.69) is 10.3 Å². The Hall–Kier alpha value is -1.40. The SMILES string of the molecule is CNC(Cc1nccs1)c1c(F)cc(F)cc1F. The van der Waals surface area contributed by atoms with Crippen LogP contribution in [-0.4, -0.2) is 12.0 Å². The molecular formula is C12H11F3N2S. The lowest BCUT2D eigenvalue weighted by Gasteiger charge is -2.17. The molecule has 0 aliphatic carbocycles. The van der Waals surface area contributed by atoms with Gasteiger partial charge >= 0.3 is 0 Å². The highest BCUT2D eigenvalue weighted by Crippen LogP contribution is 2.25. The van der Waals surface area contributed by atoms with Gasteiger partial charge in [-0.3, -0.25) is 0 Å². The zero-order valence-electron chi connectivity index (χ0n) is 9.58. The molecule has 0 amide bonds. The summed E-state index contributed by atoms with van der Waals surface area (Å²) >= 11 is 1.41. The van der Waals surface area contributed by atoms with Crippen LogP contribution in [0.4, 0.5) is 13.2 Å². The summed E-state index contributed by atoms with van der Waals surface area (Å²) in [5.74, 6) is -2.69. The summed E-state index contributed by atoms with van der Waals surface area (Å²) in [4.78, 5) is 4.07. The minimum absolute atomic E-state index is 0.158. The summed E-state index contributed by atoms with van der Waals surface area (Å²) in [6.07, 6.45) is 1.98. The van der Waals surface area contributed by atoms with E-state index in [1.54, 1.807) is 18.6 Å². The largest absolute Gasteiger partial charge is 0.312 e. The van der Waals surface area contributed by atoms with Crippen LogP contribution in [-0.2, 0) is 6.42 Å². The molecule has 2 rings (SSSR count). The average Bonchev–Trinajstić information content (AvgIpc) is 2.79. The van der Waals surface area contributed by atoms with E-state index in [-0.39, 0.29) is 5.56 Å². The standard InChI is InChI=1S/C12H11F3N2S/c1-16-10(6-11-17-2-3-18-11)12-8(14)4-7(13)5-9(12)15/h2-5,10,16H,6H2,1H3. The van der Waals surface area contributed by atoms with Crippen LogP contribution in [0.15, 0.2) is 23.7 Å². The molecule has 96 valence electrons. The number of halogens is 3. The van der Waals surface area contributed by atoms with E-state index in [0.29, 0.717) is 18.6 Å². The summed E-state index contributed by atoms with van der Waals surface area (Å²) in [7, 11) is 1.60. The predicted molar refractivity (Wildman–Crippen MR) is 63.9 cm³/mol. The molecule has 1 aromatic carbocycles. The molecule has 1 aromatic heterocycles. The van der Waals surface area contributed by atoms with Gasteiger partial charge < -0.3 is 5.32 Å². The van der Waals surface area contributed by atoms with Gasteiger partial charge in [-0.1, -0.05) is 0 Å². The first kappa shape index (κ1) is 13.0. The van der Waals surface area contributed by atoms with Crippen molar-refractivity contribution in [1.29, 1.82) is 0 Å². The maximum atomic E-state index is 13.6. The number of nitrogens with zero attached hydrogens (tertiary/aromatic N) is 1. The summed E-state index contributed by atoms with van der Waals surface area (Å²) in [6, 6.07) is 0.798. The van der Waals surface area contributed by atoms with Gasteiger partial charge in [0.1, 0.15) is 17.5 Å². The third-order valence-corrected chi connectivity index (χ3v) is 3.40. The maximum absolute atomic E-state index is 13.6. The topological polar surface area (TPSA) is 24.9 Å². The van der Waals surface area contributed by atoms with Crippen molar-refractivity contribution >= 4 is 11.3 Å². The molecular weight excluding hydrogens is 261 g/mol. The van der Waals surface area contributed by atoms with E-state index in [1.807, 2.05) is 0 Å². The van der Waals surface area contributed by atoms with Gasteiger partial charge in [-0.25, -0.2) is 18.2 Å². The summed E-state index contributed by atoms with van der Waals surface area (Å²) in [5, 5.41) is 5.37. The molecule has 0 spiro atoms. The van der Waals surface area contributed by atoms with Crippen LogP contribution in [0.1, 0.15) is 16.6 Å². The van der Waals surface area contributed by atoms with Crippen molar-refractivity contribution < 1.29 is 13.2 Å². The fourth-order valence-corrected chi connectivity index (χ4v) is 2.43. The van der Waals surface area contributed by atoms with E-state index >= 15 is 0 Å². The Morgan fingerprint density at radius 3 is 2.44 bits per heavy atom. The Bertz CT molecular complexity index is 505. The van der Waals surface area contributed by atoms with Crippen molar-refractivity contribution in [2.75, 3.05) is 7.05 Å². The smallest absolute Gasteiger partial charge is 0.133 e. The molecule has 6 heteroatoms. The zero-order valence-corrected chi connectivity index (χ0v) is 10.4. The van der Waals surface area contributed by atoms with Gasteiger partial charge in [0.25, 0.3) is 0 Å². The highest BCUT2D eigenvalue weighted by Gasteiger charge is 2.21. The van der Waals surface area contributed by atoms with Crippen molar-refractivity contribution in [3.63, 3.8) is 0 Å². The molecule has 0 bridgehead atoms. The third-order valence-electron chi connectivity index (χ3n) is 2.60. The molecule has 0 saturated heterocycles. The van der Waals surface area contributed by atoms with Crippen molar-refractivity contribution in [3.8, 4) is 0 Å². The minimum atomic E-state index is -0.919. The molecule has 0 radical (unpaired) electrons. The first-order valence-corrected chi connectivity index (χ1v) is 6.20. The monoisotopic (exact) mass is 272 g/mol. The van der Waals surface area contributed by atoms with Gasteiger partial charge in [0.2, 0.25) is 0 Å². The number of rotatable bonds is 4. The minimum Gasteiger partial charge on any atom is -0.312 e.